The molecule has 0 saturated carbocycles. The van der Waals surface area contributed by atoms with Crippen LogP contribution < -0.4 is 10.1 Å². The van der Waals surface area contributed by atoms with Gasteiger partial charge in [0.2, 0.25) is 11.7 Å². The van der Waals surface area contributed by atoms with E-state index < -0.39 is 12.4 Å². The highest BCUT2D eigenvalue weighted by atomic mass is 19.3. The van der Waals surface area contributed by atoms with Crippen molar-refractivity contribution >= 4 is 23.5 Å². The molecule has 0 saturated heterocycles. The molecule has 0 unspecified atom stereocenters. The summed E-state index contributed by atoms with van der Waals surface area (Å²) in [5.41, 5.74) is 3.60. The maximum absolute atomic E-state index is 13.1. The summed E-state index contributed by atoms with van der Waals surface area (Å²) in [5, 5.41) is 12.3. The Labute approximate surface area is 189 Å². The van der Waals surface area contributed by atoms with E-state index >= 15 is 0 Å². The van der Waals surface area contributed by atoms with E-state index in [1.165, 1.54) is 25.1 Å². The number of Topliss-reactive ketones (excluding diaryl/α,β-unsaturated/α-hetero) is 1. The van der Waals surface area contributed by atoms with Crippen molar-refractivity contribution in [3.63, 3.8) is 0 Å². The molecule has 0 spiro atoms. The van der Waals surface area contributed by atoms with E-state index in [2.05, 4.69) is 10.1 Å². The van der Waals surface area contributed by atoms with Crippen molar-refractivity contribution in [1.82, 2.24) is 4.57 Å². The minimum Gasteiger partial charge on any atom is -0.435 e. The number of carbonyl (C=O) groups excluding carboxylic acids is 2. The molecule has 3 rings (SSSR count). The lowest BCUT2D eigenvalue weighted by molar-refractivity contribution is -0.114. The van der Waals surface area contributed by atoms with E-state index in [1.54, 1.807) is 54.0 Å². The second-order valence-corrected chi connectivity index (χ2v) is 7.29. The van der Waals surface area contributed by atoms with Gasteiger partial charge >= 0.3 is 6.61 Å². The smallest absolute Gasteiger partial charge is 0.387 e. The summed E-state index contributed by atoms with van der Waals surface area (Å²) in [6.45, 7) is 2.06. The van der Waals surface area contributed by atoms with Crippen LogP contribution in [0.3, 0.4) is 0 Å². The summed E-state index contributed by atoms with van der Waals surface area (Å²) in [7, 11) is 0. The van der Waals surface area contributed by atoms with Gasteiger partial charge in [-0.25, -0.2) is 0 Å². The number of nitrogens with one attached hydrogen (secondary N) is 1. The summed E-state index contributed by atoms with van der Waals surface area (Å²) in [6.07, 6.45) is 1.49. The number of nitrogens with zero attached hydrogens (tertiary/aromatic N) is 2. The molecule has 1 amide bonds. The van der Waals surface area contributed by atoms with Gasteiger partial charge < -0.3 is 14.6 Å². The van der Waals surface area contributed by atoms with Crippen LogP contribution in [0.5, 0.6) is 5.75 Å². The number of aryl methyl sites for hydroxylation is 1. The highest BCUT2D eigenvalue weighted by molar-refractivity contribution is 6.14. The van der Waals surface area contributed by atoms with Crippen LogP contribution in [0.25, 0.3) is 11.8 Å². The third-order valence-corrected chi connectivity index (χ3v) is 4.90. The van der Waals surface area contributed by atoms with Crippen LogP contribution in [0.2, 0.25) is 0 Å². The van der Waals surface area contributed by atoms with Crippen molar-refractivity contribution in [3.8, 4) is 17.5 Å². The van der Waals surface area contributed by atoms with Crippen molar-refractivity contribution in [2.75, 3.05) is 5.32 Å². The van der Waals surface area contributed by atoms with Gasteiger partial charge in [-0.15, -0.1) is 0 Å². The molecular weight excluding hydrogens is 428 g/mol. The van der Waals surface area contributed by atoms with Crippen LogP contribution in [0, 0.1) is 25.2 Å². The molecule has 0 bridgehead atoms. The number of benzene rings is 2. The van der Waals surface area contributed by atoms with Crippen LogP contribution in [0.15, 0.2) is 60.2 Å². The average molecular weight is 449 g/mol. The van der Waals surface area contributed by atoms with Crippen molar-refractivity contribution < 1.29 is 23.1 Å². The summed E-state index contributed by atoms with van der Waals surface area (Å²) in [4.78, 5) is 24.3. The standard InChI is InChI=1S/C25H21F2N3O3/c1-15-12-23(16(2)30(15)21-8-10-22(11-9-21)33-25(26)27)24(32)19(14-28)13-18-4-6-20(7-5-18)29-17(3)31/h4-13,25H,1-3H3,(H,29,31)/b19-13+. The number of carbonyl (C=O) groups is 2. The quantitative estimate of drug-likeness (QED) is 0.296. The molecule has 0 fully saturated rings. The van der Waals surface area contributed by atoms with Crippen LogP contribution in [-0.4, -0.2) is 22.9 Å². The fraction of sp³-hybridized carbons (Fsp3) is 0.160. The van der Waals surface area contributed by atoms with Gasteiger partial charge in [-0.3, -0.25) is 9.59 Å². The average Bonchev–Trinajstić information content (AvgIpc) is 3.06. The number of anilines is 1. The van der Waals surface area contributed by atoms with Gasteiger partial charge in [0.1, 0.15) is 17.4 Å². The lowest BCUT2D eigenvalue weighted by Gasteiger charge is -2.11. The Hall–Kier alpha value is -4.25. The number of halogens is 2. The molecule has 2 aromatic carbocycles. The number of amides is 1. The number of aromatic nitrogens is 1. The molecule has 33 heavy (non-hydrogen) atoms. The van der Waals surface area contributed by atoms with E-state index in [0.717, 1.165) is 5.69 Å². The highest BCUT2D eigenvalue weighted by Crippen LogP contribution is 2.25. The maximum Gasteiger partial charge on any atom is 0.387 e. The molecule has 8 heteroatoms. The molecule has 0 aliphatic rings. The summed E-state index contributed by atoms with van der Waals surface area (Å²) >= 11 is 0. The Morgan fingerprint density at radius 2 is 1.73 bits per heavy atom. The zero-order valence-corrected chi connectivity index (χ0v) is 18.2. The van der Waals surface area contributed by atoms with E-state index in [0.29, 0.717) is 28.2 Å². The third-order valence-electron chi connectivity index (χ3n) is 4.90. The number of rotatable bonds is 7. The molecule has 0 atom stereocenters. The summed E-state index contributed by atoms with van der Waals surface area (Å²) in [5.74, 6) is -0.593. The van der Waals surface area contributed by atoms with Gasteiger partial charge in [-0.1, -0.05) is 12.1 Å². The van der Waals surface area contributed by atoms with Gasteiger partial charge in [0.05, 0.1) is 0 Å². The minimum atomic E-state index is -2.91. The predicted molar refractivity (Wildman–Crippen MR) is 121 cm³/mol. The van der Waals surface area contributed by atoms with Crippen molar-refractivity contribution in [2.24, 2.45) is 0 Å². The number of nitriles is 1. The Morgan fingerprint density at radius 3 is 2.27 bits per heavy atom. The first-order valence-corrected chi connectivity index (χ1v) is 9.98. The largest absolute Gasteiger partial charge is 0.435 e. The van der Waals surface area contributed by atoms with Crippen LogP contribution in [0.1, 0.15) is 34.2 Å². The molecule has 168 valence electrons. The number of alkyl halides is 2. The number of ketones is 1. The summed E-state index contributed by atoms with van der Waals surface area (Å²) in [6, 6.07) is 16.5. The monoisotopic (exact) mass is 449 g/mol. The molecule has 6 nitrogen and oxygen atoms in total. The molecule has 0 aliphatic carbocycles. The van der Waals surface area contributed by atoms with Gasteiger partial charge in [-0.05, 0) is 68.0 Å². The van der Waals surface area contributed by atoms with E-state index in [1.807, 2.05) is 13.0 Å². The minimum absolute atomic E-state index is 0.0340. The first-order valence-electron chi connectivity index (χ1n) is 9.98. The van der Waals surface area contributed by atoms with Crippen LogP contribution in [0.4, 0.5) is 14.5 Å². The van der Waals surface area contributed by atoms with Crippen LogP contribution >= 0.6 is 0 Å². The van der Waals surface area contributed by atoms with Gasteiger partial charge in [0.15, 0.2) is 0 Å². The second kappa shape index (κ2) is 9.92. The maximum atomic E-state index is 13.1. The first-order chi connectivity index (χ1) is 15.7. The third kappa shape index (κ3) is 5.52. The topological polar surface area (TPSA) is 84.1 Å². The fourth-order valence-electron chi connectivity index (χ4n) is 3.49. The van der Waals surface area contributed by atoms with E-state index in [-0.39, 0.29) is 17.2 Å². The molecule has 0 radical (unpaired) electrons. The zero-order valence-electron chi connectivity index (χ0n) is 18.2. The van der Waals surface area contributed by atoms with Crippen molar-refractivity contribution in [3.05, 3.63) is 82.7 Å². The Kier molecular flexibility index (Phi) is 7.04. The normalized spacial score (nSPS) is 11.2. The lowest BCUT2D eigenvalue weighted by Crippen LogP contribution is -2.06. The lowest BCUT2D eigenvalue weighted by atomic mass is 10.0. The van der Waals surface area contributed by atoms with E-state index in [4.69, 9.17) is 0 Å². The Balaban J connectivity index is 1.89. The fourth-order valence-corrected chi connectivity index (χ4v) is 3.49. The number of allylic oxidation sites excluding steroid dienone is 1. The molecule has 1 heterocycles. The molecule has 1 aromatic heterocycles. The molecular formula is C25H21F2N3O3. The first kappa shape index (κ1) is 23.4. The predicted octanol–water partition coefficient (Wildman–Crippen LogP) is 5.44. The van der Waals surface area contributed by atoms with Gasteiger partial charge in [0.25, 0.3) is 0 Å². The number of hydrogen-bond acceptors (Lipinski definition) is 4. The molecule has 0 aliphatic heterocycles. The second-order valence-electron chi connectivity index (χ2n) is 7.29. The highest BCUT2D eigenvalue weighted by Gasteiger charge is 2.20. The van der Waals surface area contributed by atoms with E-state index in [9.17, 15) is 23.6 Å². The zero-order chi connectivity index (χ0) is 24.1. The van der Waals surface area contributed by atoms with Gasteiger partial charge in [0, 0.05) is 35.2 Å². The SMILES string of the molecule is CC(=O)Nc1ccc(/C=C(\C#N)C(=O)c2cc(C)n(-c3ccc(OC(F)F)cc3)c2C)cc1. The van der Waals surface area contributed by atoms with Gasteiger partial charge in [-0.2, -0.15) is 14.0 Å². The number of hydrogen-bond donors (Lipinski definition) is 1. The van der Waals surface area contributed by atoms with Crippen molar-refractivity contribution in [2.45, 2.75) is 27.4 Å². The Morgan fingerprint density at radius 1 is 1.09 bits per heavy atom. The van der Waals surface area contributed by atoms with Crippen LogP contribution in [-0.2, 0) is 4.79 Å². The molecule has 3 aromatic rings. The Bertz CT molecular complexity index is 1250. The van der Waals surface area contributed by atoms with Crippen molar-refractivity contribution in [1.29, 1.82) is 5.26 Å². The summed E-state index contributed by atoms with van der Waals surface area (Å²) < 4.78 is 31.0. The molecule has 1 N–H and O–H groups in total. The number of ether oxygens (including phenoxy) is 1.